The molecule has 10 nitrogen and oxygen atoms in total. The summed E-state index contributed by atoms with van der Waals surface area (Å²) in [4.78, 5) is 24.4. The fraction of sp³-hybridized carbons (Fsp3) is 0.871. The molecule has 6 rings (SSSR count). The highest BCUT2D eigenvalue weighted by molar-refractivity contribution is 5.85. The van der Waals surface area contributed by atoms with Crippen LogP contribution in [0.15, 0.2) is 11.6 Å². The third-order valence-corrected chi connectivity index (χ3v) is 12.4. The molecule has 4 saturated carbocycles. The fourth-order valence-corrected chi connectivity index (χ4v) is 10.1. The van der Waals surface area contributed by atoms with Crippen LogP contribution in [-0.4, -0.2) is 87.5 Å². The second-order valence-electron chi connectivity index (χ2n) is 14.2. The molecule has 2 heterocycles. The number of hydrogen-bond donors (Lipinski definition) is 4. The Morgan fingerprint density at radius 1 is 1.00 bits per heavy atom. The molecule has 0 aromatic heterocycles. The zero-order valence-corrected chi connectivity index (χ0v) is 24.5. The highest BCUT2D eigenvalue weighted by atomic mass is 16.7. The van der Waals surface area contributed by atoms with Crippen LogP contribution in [0.25, 0.3) is 0 Å². The molecule has 41 heavy (non-hydrogen) atoms. The predicted octanol–water partition coefficient (Wildman–Crippen LogP) is 2.00. The maximum Gasteiger partial charge on any atom is 0.331 e. The highest BCUT2D eigenvalue weighted by Gasteiger charge is 2.72. The second-order valence-corrected chi connectivity index (χ2v) is 14.2. The van der Waals surface area contributed by atoms with Crippen molar-refractivity contribution in [2.75, 3.05) is 6.61 Å². The summed E-state index contributed by atoms with van der Waals surface area (Å²) in [5.74, 6) is -0.317. The van der Waals surface area contributed by atoms with Crippen LogP contribution in [0.2, 0.25) is 0 Å². The van der Waals surface area contributed by atoms with Crippen molar-refractivity contribution in [3.05, 3.63) is 11.6 Å². The van der Waals surface area contributed by atoms with Gasteiger partial charge in [-0.05, 0) is 93.0 Å². The molecule has 0 radical (unpaired) electrons. The maximum absolute atomic E-state index is 12.7. The lowest BCUT2D eigenvalue weighted by molar-refractivity contribution is -0.311. The number of carbonyl (C=O) groups excluding carboxylic acids is 2. The number of carbonyl (C=O) groups is 2. The zero-order valence-electron chi connectivity index (χ0n) is 24.5. The molecule has 0 aromatic rings. The lowest BCUT2D eigenvalue weighted by atomic mass is 9.42. The lowest BCUT2D eigenvalue weighted by Crippen LogP contribution is -2.67. The van der Waals surface area contributed by atoms with E-state index in [2.05, 4.69) is 13.8 Å². The number of rotatable bonds is 4. The van der Waals surface area contributed by atoms with E-state index in [1.807, 2.05) is 0 Å². The van der Waals surface area contributed by atoms with E-state index in [1.165, 1.54) is 6.92 Å². The Bertz CT molecular complexity index is 1090. The van der Waals surface area contributed by atoms with E-state index < -0.39 is 47.8 Å². The first-order valence-corrected chi connectivity index (χ1v) is 15.4. The van der Waals surface area contributed by atoms with E-state index in [9.17, 15) is 30.0 Å². The summed E-state index contributed by atoms with van der Waals surface area (Å²) in [6, 6.07) is 0. The first kappa shape index (κ1) is 29.5. The minimum Gasteiger partial charge on any atom is -0.462 e. The van der Waals surface area contributed by atoms with Gasteiger partial charge in [0.05, 0.1) is 17.8 Å². The Morgan fingerprint density at radius 2 is 1.76 bits per heavy atom. The van der Waals surface area contributed by atoms with Gasteiger partial charge in [-0.1, -0.05) is 13.8 Å². The van der Waals surface area contributed by atoms with Crippen LogP contribution in [0.1, 0.15) is 79.1 Å². The third kappa shape index (κ3) is 4.42. The molecule has 0 bridgehead atoms. The van der Waals surface area contributed by atoms with Crippen molar-refractivity contribution in [1.29, 1.82) is 0 Å². The van der Waals surface area contributed by atoms with Gasteiger partial charge in [0.1, 0.15) is 31.0 Å². The van der Waals surface area contributed by atoms with Crippen LogP contribution >= 0.6 is 0 Å². The van der Waals surface area contributed by atoms with E-state index >= 15 is 0 Å². The smallest absolute Gasteiger partial charge is 0.331 e. The largest absolute Gasteiger partial charge is 0.462 e. The molecule has 4 aliphatic carbocycles. The molecule has 4 N–H and O–H groups in total. The van der Waals surface area contributed by atoms with Crippen molar-refractivity contribution in [3.63, 3.8) is 0 Å². The molecule has 1 saturated heterocycles. The predicted molar refractivity (Wildman–Crippen MR) is 144 cm³/mol. The molecule has 230 valence electrons. The maximum atomic E-state index is 12.7. The number of esters is 2. The average Bonchev–Trinajstić information content (AvgIpc) is 3.47. The Balaban J connectivity index is 1.24. The summed E-state index contributed by atoms with van der Waals surface area (Å²) in [6.45, 7) is 7.67. The monoisotopic (exact) mass is 578 g/mol. The Labute approximate surface area is 241 Å². The first-order chi connectivity index (χ1) is 19.3. The van der Waals surface area contributed by atoms with E-state index in [4.69, 9.17) is 18.9 Å². The fourth-order valence-electron chi connectivity index (χ4n) is 10.1. The molecule has 6 aliphatic rings. The van der Waals surface area contributed by atoms with Gasteiger partial charge >= 0.3 is 11.9 Å². The van der Waals surface area contributed by atoms with Gasteiger partial charge in [0, 0.05) is 18.4 Å². The summed E-state index contributed by atoms with van der Waals surface area (Å²) in [5.41, 5.74) is -0.973. The van der Waals surface area contributed by atoms with Crippen molar-refractivity contribution in [3.8, 4) is 0 Å². The van der Waals surface area contributed by atoms with Crippen molar-refractivity contribution in [1.82, 2.24) is 0 Å². The average molecular weight is 579 g/mol. The summed E-state index contributed by atoms with van der Waals surface area (Å²) in [5, 5.41) is 43.4. The minimum atomic E-state index is -1.33. The summed E-state index contributed by atoms with van der Waals surface area (Å²) in [7, 11) is 0. The number of ether oxygens (including phenoxy) is 4. The number of aliphatic hydroxyl groups is 4. The van der Waals surface area contributed by atoms with E-state index in [1.54, 1.807) is 13.0 Å². The molecule has 0 aromatic carbocycles. The molecular weight excluding hydrogens is 532 g/mol. The van der Waals surface area contributed by atoms with Crippen LogP contribution in [0.3, 0.4) is 0 Å². The van der Waals surface area contributed by atoms with E-state index in [0.29, 0.717) is 18.8 Å². The van der Waals surface area contributed by atoms with E-state index in [-0.39, 0.29) is 47.8 Å². The van der Waals surface area contributed by atoms with Crippen molar-refractivity contribution in [2.45, 2.75) is 128 Å². The molecule has 0 amide bonds. The Morgan fingerprint density at radius 3 is 2.44 bits per heavy atom. The highest BCUT2D eigenvalue weighted by Crippen LogP contribution is 2.70. The van der Waals surface area contributed by atoms with Gasteiger partial charge in [-0.15, -0.1) is 0 Å². The van der Waals surface area contributed by atoms with Crippen molar-refractivity contribution >= 4 is 11.9 Å². The SMILES string of the molecule is CC(=O)O[C@@H]1C[C@H]2[C@@H](CC[C@@H]3C[C@@H](O[C@@H]4O[C@@H](C)[C@H](O)[C@@H](O)[C@H]4O)CC[C@@]32C)[C@@]2(O)CC[C@H](C3=CC(=O)OC3)[C@@]12C. The van der Waals surface area contributed by atoms with Gasteiger partial charge in [0.15, 0.2) is 6.29 Å². The molecular formula is C31H46O10. The van der Waals surface area contributed by atoms with Gasteiger partial charge in [0.25, 0.3) is 0 Å². The molecule has 10 heteroatoms. The molecule has 5 fully saturated rings. The Hall–Kier alpha value is -1.56. The van der Waals surface area contributed by atoms with Crippen molar-refractivity contribution < 1.29 is 49.0 Å². The van der Waals surface area contributed by atoms with Gasteiger partial charge in [-0.3, -0.25) is 4.79 Å². The van der Waals surface area contributed by atoms with E-state index in [0.717, 1.165) is 44.1 Å². The number of cyclic esters (lactones) is 1. The molecule has 2 aliphatic heterocycles. The third-order valence-electron chi connectivity index (χ3n) is 12.4. The summed E-state index contributed by atoms with van der Waals surface area (Å²) < 4.78 is 23.2. The zero-order chi connectivity index (χ0) is 29.5. The molecule has 14 atom stereocenters. The van der Waals surface area contributed by atoms with Gasteiger partial charge in [-0.25, -0.2) is 4.79 Å². The van der Waals surface area contributed by atoms with Crippen LogP contribution in [0.5, 0.6) is 0 Å². The van der Waals surface area contributed by atoms with Crippen LogP contribution < -0.4 is 0 Å². The lowest BCUT2D eigenvalue weighted by Gasteiger charge is -2.65. The topological polar surface area (TPSA) is 152 Å². The number of aliphatic hydroxyl groups excluding tert-OH is 3. The van der Waals surface area contributed by atoms with Crippen molar-refractivity contribution in [2.24, 2.45) is 34.5 Å². The summed E-state index contributed by atoms with van der Waals surface area (Å²) >= 11 is 0. The van der Waals surface area contributed by atoms with Crippen LogP contribution in [0.4, 0.5) is 0 Å². The quantitative estimate of drug-likeness (QED) is 0.288. The molecule has 0 unspecified atom stereocenters. The first-order valence-electron chi connectivity index (χ1n) is 15.4. The Kier molecular flexibility index (Phi) is 7.39. The number of hydrogen-bond acceptors (Lipinski definition) is 10. The van der Waals surface area contributed by atoms with Crippen LogP contribution in [0, 0.1) is 34.5 Å². The van der Waals surface area contributed by atoms with Gasteiger partial charge < -0.3 is 39.4 Å². The van der Waals surface area contributed by atoms with Gasteiger partial charge in [0.2, 0.25) is 0 Å². The van der Waals surface area contributed by atoms with Gasteiger partial charge in [-0.2, -0.15) is 0 Å². The normalized spacial score (nSPS) is 53.0. The minimum absolute atomic E-state index is 0.0441. The second kappa shape index (κ2) is 10.3. The summed E-state index contributed by atoms with van der Waals surface area (Å²) in [6.07, 6.45) is 1.52. The number of fused-ring (bicyclic) bond motifs is 5. The van der Waals surface area contributed by atoms with Crippen LogP contribution in [-0.2, 0) is 28.5 Å². The molecule has 0 spiro atoms. The standard InChI is InChI=1S/C31H46O10/c1-15-25(34)26(35)27(36)28(39-15)41-19-7-9-29(3)18(12-19)5-6-21-22(29)13-23(40-16(2)32)30(4)20(8-10-31(21,30)37)17-11-24(33)38-14-17/h11,15,18-23,25-28,34-37H,5-10,12-14H2,1-4H3/t15-,18+,19-,20+,21+,22-,23+,25-,26+,27+,28-,29-,30-,31-/m0/s1.